The monoisotopic (exact) mass is 353 g/mol. The lowest BCUT2D eigenvalue weighted by molar-refractivity contribution is -0.118. The van der Waals surface area contributed by atoms with Gasteiger partial charge in [-0.25, -0.2) is 12.7 Å². The van der Waals surface area contributed by atoms with Gasteiger partial charge in [-0.1, -0.05) is 0 Å². The molecule has 0 radical (unpaired) electrons. The van der Waals surface area contributed by atoms with Crippen LogP contribution in [0.1, 0.15) is 17.3 Å². The number of benzene rings is 1. The highest BCUT2D eigenvalue weighted by Crippen LogP contribution is 2.16. The molecule has 1 saturated heterocycles. The van der Waals surface area contributed by atoms with E-state index < -0.39 is 10.0 Å². The Labute approximate surface area is 142 Å². The number of ketones is 1. The van der Waals surface area contributed by atoms with Gasteiger partial charge in [-0.2, -0.15) is 0 Å². The summed E-state index contributed by atoms with van der Waals surface area (Å²) in [6.07, 6.45) is 0. The second-order valence-electron chi connectivity index (χ2n) is 6.08. The van der Waals surface area contributed by atoms with Crippen molar-refractivity contribution in [2.24, 2.45) is 0 Å². The van der Waals surface area contributed by atoms with E-state index in [2.05, 4.69) is 0 Å². The molecule has 8 heteroatoms. The van der Waals surface area contributed by atoms with E-state index in [9.17, 15) is 18.0 Å². The number of nitrogens with zero attached hydrogens (tertiary/aromatic N) is 3. The van der Waals surface area contributed by atoms with E-state index in [4.69, 9.17) is 0 Å². The molecule has 0 atom stereocenters. The lowest BCUT2D eigenvalue weighted by Gasteiger charge is -2.34. The van der Waals surface area contributed by atoms with E-state index in [1.807, 2.05) is 4.90 Å². The molecule has 24 heavy (non-hydrogen) atoms. The molecule has 1 heterocycles. The molecule has 1 aliphatic rings. The van der Waals surface area contributed by atoms with Gasteiger partial charge in [0.15, 0.2) is 0 Å². The highest BCUT2D eigenvalue weighted by molar-refractivity contribution is 7.89. The molecule has 0 saturated carbocycles. The molecule has 0 bridgehead atoms. The van der Waals surface area contributed by atoms with Crippen molar-refractivity contribution in [2.45, 2.75) is 11.8 Å². The molecule has 1 aliphatic heterocycles. The summed E-state index contributed by atoms with van der Waals surface area (Å²) >= 11 is 0. The lowest BCUT2D eigenvalue weighted by atomic mass is 10.2. The Morgan fingerprint density at radius 1 is 1.04 bits per heavy atom. The van der Waals surface area contributed by atoms with Gasteiger partial charge in [0.25, 0.3) is 5.91 Å². The van der Waals surface area contributed by atoms with Gasteiger partial charge in [0, 0.05) is 45.8 Å². The van der Waals surface area contributed by atoms with Gasteiger partial charge in [-0.05, 0) is 31.2 Å². The largest absolute Gasteiger partial charge is 0.336 e. The Kier molecular flexibility index (Phi) is 5.74. The van der Waals surface area contributed by atoms with Crippen LogP contribution in [0.4, 0.5) is 0 Å². The maximum Gasteiger partial charge on any atom is 0.253 e. The van der Waals surface area contributed by atoms with E-state index in [1.54, 1.807) is 24.0 Å². The zero-order chi connectivity index (χ0) is 17.9. The number of rotatable bonds is 5. The zero-order valence-corrected chi connectivity index (χ0v) is 15.0. The Morgan fingerprint density at radius 2 is 1.58 bits per heavy atom. The molecular formula is C16H23N3O4S. The van der Waals surface area contributed by atoms with E-state index in [-0.39, 0.29) is 16.6 Å². The third-order valence-electron chi connectivity index (χ3n) is 3.99. The number of carbonyl (C=O) groups excluding carboxylic acids is 2. The summed E-state index contributed by atoms with van der Waals surface area (Å²) in [5.41, 5.74) is 0.465. The molecule has 0 N–H and O–H groups in total. The fourth-order valence-electron chi connectivity index (χ4n) is 2.59. The first-order chi connectivity index (χ1) is 11.2. The minimum absolute atomic E-state index is 0.118. The topological polar surface area (TPSA) is 78.0 Å². The van der Waals surface area contributed by atoms with Crippen LogP contribution in [0, 0.1) is 0 Å². The summed E-state index contributed by atoms with van der Waals surface area (Å²) < 4.78 is 25.2. The number of piperazine rings is 1. The van der Waals surface area contributed by atoms with Gasteiger partial charge >= 0.3 is 0 Å². The molecule has 0 unspecified atom stereocenters. The fraction of sp³-hybridized carbons (Fsp3) is 0.500. The second-order valence-corrected chi connectivity index (χ2v) is 8.23. The third kappa shape index (κ3) is 4.19. The average molecular weight is 353 g/mol. The first-order valence-corrected chi connectivity index (χ1v) is 9.19. The predicted molar refractivity (Wildman–Crippen MR) is 90.3 cm³/mol. The second kappa shape index (κ2) is 7.42. The highest BCUT2D eigenvalue weighted by Gasteiger charge is 2.23. The van der Waals surface area contributed by atoms with Crippen LogP contribution >= 0.6 is 0 Å². The van der Waals surface area contributed by atoms with Crippen LogP contribution in [-0.2, 0) is 14.8 Å². The van der Waals surface area contributed by atoms with E-state index in [1.165, 1.54) is 26.2 Å². The smallest absolute Gasteiger partial charge is 0.253 e. The van der Waals surface area contributed by atoms with Crippen LogP contribution in [-0.4, -0.2) is 81.0 Å². The number of carbonyl (C=O) groups is 2. The Morgan fingerprint density at radius 3 is 2.04 bits per heavy atom. The van der Waals surface area contributed by atoms with Crippen molar-refractivity contribution in [3.63, 3.8) is 0 Å². The molecule has 1 fully saturated rings. The summed E-state index contributed by atoms with van der Waals surface area (Å²) in [5, 5.41) is 0. The Bertz CT molecular complexity index is 705. The zero-order valence-electron chi connectivity index (χ0n) is 14.2. The fourth-order valence-corrected chi connectivity index (χ4v) is 3.49. The van der Waals surface area contributed by atoms with Crippen molar-refractivity contribution in [1.29, 1.82) is 0 Å². The first-order valence-electron chi connectivity index (χ1n) is 7.75. The molecular weight excluding hydrogens is 330 g/mol. The van der Waals surface area contributed by atoms with Crippen LogP contribution in [0.3, 0.4) is 0 Å². The molecule has 132 valence electrons. The lowest BCUT2D eigenvalue weighted by Crippen LogP contribution is -2.49. The van der Waals surface area contributed by atoms with Crippen molar-refractivity contribution in [3.8, 4) is 0 Å². The first kappa shape index (κ1) is 18.6. The normalized spacial score (nSPS) is 16.4. The summed E-state index contributed by atoms with van der Waals surface area (Å²) in [7, 11) is -0.559. The molecule has 7 nitrogen and oxygen atoms in total. The van der Waals surface area contributed by atoms with E-state index in [0.29, 0.717) is 38.3 Å². The molecule has 2 rings (SSSR count). The molecule has 1 aromatic rings. The van der Waals surface area contributed by atoms with Crippen LogP contribution in [0.5, 0.6) is 0 Å². The summed E-state index contributed by atoms with van der Waals surface area (Å²) in [4.78, 5) is 27.6. The van der Waals surface area contributed by atoms with Crippen LogP contribution in [0.25, 0.3) is 0 Å². The SMILES string of the molecule is CC(=O)CN1CCN(C(=O)c2ccc(S(=O)(=O)N(C)C)cc2)CC1. The van der Waals surface area contributed by atoms with Gasteiger partial charge in [-0.3, -0.25) is 14.5 Å². The van der Waals surface area contributed by atoms with Crippen molar-refractivity contribution in [2.75, 3.05) is 46.8 Å². The molecule has 0 spiro atoms. The maximum atomic E-state index is 12.5. The van der Waals surface area contributed by atoms with Gasteiger partial charge in [0.05, 0.1) is 11.4 Å². The predicted octanol–water partition coefficient (Wildman–Crippen LogP) is 0.284. The van der Waals surface area contributed by atoms with Crippen LogP contribution in [0.2, 0.25) is 0 Å². The molecule has 1 amide bonds. The van der Waals surface area contributed by atoms with Gasteiger partial charge < -0.3 is 4.90 Å². The van der Waals surface area contributed by atoms with Crippen LogP contribution in [0.15, 0.2) is 29.2 Å². The minimum atomic E-state index is -3.49. The number of Topliss-reactive ketones (excluding diaryl/α,β-unsaturated/α-hetero) is 1. The summed E-state index contributed by atoms with van der Waals surface area (Å²) in [6.45, 7) is 4.42. The summed E-state index contributed by atoms with van der Waals surface area (Å²) in [5.74, 6) is -0.00116. The molecule has 0 aliphatic carbocycles. The Balaban J connectivity index is 2.03. The molecule has 1 aromatic carbocycles. The van der Waals surface area contributed by atoms with E-state index >= 15 is 0 Å². The standard InChI is InChI=1S/C16H23N3O4S/c1-13(20)12-18-8-10-19(11-9-18)16(21)14-4-6-15(7-5-14)24(22,23)17(2)3/h4-7H,8-12H2,1-3H3. The highest BCUT2D eigenvalue weighted by atomic mass is 32.2. The Hall–Kier alpha value is -1.77. The number of sulfonamides is 1. The number of amides is 1. The van der Waals surface area contributed by atoms with Crippen molar-refractivity contribution in [1.82, 2.24) is 14.1 Å². The van der Waals surface area contributed by atoms with Gasteiger partial charge in [0.1, 0.15) is 5.78 Å². The quantitative estimate of drug-likeness (QED) is 0.760. The van der Waals surface area contributed by atoms with Crippen molar-refractivity contribution in [3.05, 3.63) is 29.8 Å². The maximum absolute atomic E-state index is 12.5. The average Bonchev–Trinajstić information content (AvgIpc) is 2.54. The number of hydrogen-bond acceptors (Lipinski definition) is 5. The summed E-state index contributed by atoms with van der Waals surface area (Å²) in [6, 6.07) is 5.99. The van der Waals surface area contributed by atoms with E-state index in [0.717, 1.165) is 4.31 Å². The van der Waals surface area contributed by atoms with Gasteiger partial charge in [0.2, 0.25) is 10.0 Å². The van der Waals surface area contributed by atoms with Crippen molar-refractivity contribution < 1.29 is 18.0 Å². The van der Waals surface area contributed by atoms with Crippen LogP contribution < -0.4 is 0 Å². The number of hydrogen-bond donors (Lipinski definition) is 0. The van der Waals surface area contributed by atoms with Crippen molar-refractivity contribution >= 4 is 21.7 Å². The third-order valence-corrected chi connectivity index (χ3v) is 5.81. The molecule has 0 aromatic heterocycles. The minimum Gasteiger partial charge on any atom is -0.336 e. The van der Waals surface area contributed by atoms with Gasteiger partial charge in [-0.15, -0.1) is 0 Å².